The normalized spacial score (nSPS) is 25.1. The molecule has 1 saturated heterocycles. The highest BCUT2D eigenvalue weighted by atomic mass is 16.5. The van der Waals surface area contributed by atoms with Crippen molar-refractivity contribution in [3.05, 3.63) is 35.9 Å². The Kier molecular flexibility index (Phi) is 2.78. The molecule has 2 atom stereocenters. The first kappa shape index (κ1) is 9.20. The molecule has 1 aromatic rings. The second-order valence-corrected chi connectivity index (χ2v) is 3.36. The Morgan fingerprint density at radius 1 is 1.43 bits per heavy atom. The summed E-state index contributed by atoms with van der Waals surface area (Å²) in [5.41, 5.74) is 1.21. The molecule has 0 saturated carbocycles. The van der Waals surface area contributed by atoms with E-state index in [1.807, 2.05) is 30.3 Å². The number of benzene rings is 1. The van der Waals surface area contributed by atoms with Crippen LogP contribution in [0, 0.1) is 17.2 Å². The Bertz CT molecular complexity index is 331. The fraction of sp³-hybridized carbons (Fsp3) is 0.364. The highest BCUT2D eigenvalue weighted by molar-refractivity contribution is 5.14. The molecule has 3 heteroatoms. The molecule has 0 amide bonds. The first-order valence-electron chi connectivity index (χ1n) is 4.68. The van der Waals surface area contributed by atoms with Crippen molar-refractivity contribution in [1.29, 1.82) is 5.26 Å². The second kappa shape index (κ2) is 4.23. The van der Waals surface area contributed by atoms with Gasteiger partial charge in [0.25, 0.3) is 0 Å². The van der Waals surface area contributed by atoms with Gasteiger partial charge >= 0.3 is 0 Å². The van der Waals surface area contributed by atoms with Crippen LogP contribution in [0.15, 0.2) is 30.3 Å². The number of ether oxygens (including phenoxy) is 1. The van der Waals surface area contributed by atoms with Crippen molar-refractivity contribution in [2.45, 2.75) is 12.8 Å². The zero-order valence-corrected chi connectivity index (χ0v) is 7.81. The highest BCUT2D eigenvalue weighted by Crippen LogP contribution is 2.17. The molecule has 1 heterocycles. The third kappa shape index (κ3) is 1.92. The second-order valence-electron chi connectivity index (χ2n) is 3.36. The van der Waals surface area contributed by atoms with Gasteiger partial charge in [-0.05, 0) is 5.56 Å². The quantitative estimate of drug-likeness (QED) is 0.777. The molecule has 0 radical (unpaired) electrons. The van der Waals surface area contributed by atoms with Gasteiger partial charge in [0.15, 0.2) is 0 Å². The standard InChI is InChI=1S/C11H12N2O/c12-6-10-8-14-11(10)13-7-9-4-2-1-3-5-9/h1-5,10-11,13H,7-8H2. The molecule has 2 rings (SSSR count). The number of rotatable bonds is 3. The fourth-order valence-corrected chi connectivity index (χ4v) is 1.41. The van der Waals surface area contributed by atoms with Crippen LogP contribution in [0.5, 0.6) is 0 Å². The summed E-state index contributed by atoms with van der Waals surface area (Å²) in [4.78, 5) is 0. The Morgan fingerprint density at radius 2 is 2.21 bits per heavy atom. The number of nitriles is 1. The minimum atomic E-state index is -0.0831. The summed E-state index contributed by atoms with van der Waals surface area (Å²) in [7, 11) is 0. The predicted octanol–water partition coefficient (Wildman–Crippen LogP) is 1.27. The monoisotopic (exact) mass is 188 g/mol. The molecule has 1 N–H and O–H groups in total. The molecular weight excluding hydrogens is 176 g/mol. The van der Waals surface area contributed by atoms with E-state index >= 15 is 0 Å². The van der Waals surface area contributed by atoms with Gasteiger partial charge in [-0.2, -0.15) is 5.26 Å². The largest absolute Gasteiger partial charge is 0.360 e. The molecule has 3 nitrogen and oxygen atoms in total. The molecule has 0 bridgehead atoms. The summed E-state index contributed by atoms with van der Waals surface area (Å²) in [6.07, 6.45) is -0.0831. The lowest BCUT2D eigenvalue weighted by atomic mass is 10.1. The van der Waals surface area contributed by atoms with Crippen molar-refractivity contribution in [2.24, 2.45) is 5.92 Å². The summed E-state index contributed by atoms with van der Waals surface area (Å²) in [6, 6.07) is 12.3. The van der Waals surface area contributed by atoms with Gasteiger partial charge < -0.3 is 4.74 Å². The maximum Gasteiger partial charge on any atom is 0.126 e. The van der Waals surface area contributed by atoms with Gasteiger partial charge in [-0.15, -0.1) is 0 Å². The molecule has 72 valence electrons. The van der Waals surface area contributed by atoms with E-state index in [-0.39, 0.29) is 12.1 Å². The molecule has 2 unspecified atom stereocenters. The number of hydrogen-bond donors (Lipinski definition) is 1. The van der Waals surface area contributed by atoms with E-state index in [4.69, 9.17) is 10.00 Å². The zero-order valence-electron chi connectivity index (χ0n) is 7.81. The van der Waals surface area contributed by atoms with E-state index in [1.54, 1.807) is 0 Å². The van der Waals surface area contributed by atoms with E-state index in [0.29, 0.717) is 6.61 Å². The van der Waals surface area contributed by atoms with E-state index < -0.39 is 0 Å². The minimum absolute atomic E-state index is 0.0127. The van der Waals surface area contributed by atoms with E-state index in [9.17, 15) is 0 Å². The van der Waals surface area contributed by atoms with Crippen LogP contribution in [0.2, 0.25) is 0 Å². The average molecular weight is 188 g/mol. The highest BCUT2D eigenvalue weighted by Gasteiger charge is 2.31. The Balaban J connectivity index is 1.81. The predicted molar refractivity (Wildman–Crippen MR) is 52.1 cm³/mol. The lowest BCUT2D eigenvalue weighted by Crippen LogP contribution is -2.48. The van der Waals surface area contributed by atoms with Crippen molar-refractivity contribution in [2.75, 3.05) is 6.61 Å². The zero-order chi connectivity index (χ0) is 9.80. The third-order valence-corrected chi connectivity index (χ3v) is 2.34. The van der Waals surface area contributed by atoms with Crippen molar-refractivity contribution in [3.63, 3.8) is 0 Å². The Morgan fingerprint density at radius 3 is 2.79 bits per heavy atom. The first-order chi connectivity index (χ1) is 6.90. The van der Waals surface area contributed by atoms with Crippen LogP contribution in [0.3, 0.4) is 0 Å². The minimum Gasteiger partial charge on any atom is -0.360 e. The summed E-state index contributed by atoms with van der Waals surface area (Å²) in [5.74, 6) is 0.0127. The fourth-order valence-electron chi connectivity index (χ4n) is 1.41. The molecule has 14 heavy (non-hydrogen) atoms. The molecule has 1 aromatic carbocycles. The summed E-state index contributed by atoms with van der Waals surface area (Å²) in [5, 5.41) is 11.9. The molecule has 0 aliphatic carbocycles. The van der Waals surface area contributed by atoms with Crippen LogP contribution < -0.4 is 5.32 Å². The van der Waals surface area contributed by atoms with Gasteiger partial charge in [-0.25, -0.2) is 0 Å². The smallest absolute Gasteiger partial charge is 0.126 e. The number of nitrogens with zero attached hydrogens (tertiary/aromatic N) is 1. The van der Waals surface area contributed by atoms with Gasteiger partial charge in [0.05, 0.1) is 12.7 Å². The molecule has 1 aliphatic rings. The third-order valence-electron chi connectivity index (χ3n) is 2.34. The van der Waals surface area contributed by atoms with Crippen LogP contribution in [0.1, 0.15) is 5.56 Å². The lowest BCUT2D eigenvalue weighted by molar-refractivity contribution is -0.109. The molecule has 0 aromatic heterocycles. The van der Waals surface area contributed by atoms with Crippen molar-refractivity contribution >= 4 is 0 Å². The Labute approximate surface area is 83.3 Å². The van der Waals surface area contributed by atoms with Crippen molar-refractivity contribution in [3.8, 4) is 6.07 Å². The number of hydrogen-bond acceptors (Lipinski definition) is 3. The summed E-state index contributed by atoms with van der Waals surface area (Å²) in [6.45, 7) is 1.31. The van der Waals surface area contributed by atoms with Gasteiger partial charge in [0, 0.05) is 6.54 Å². The Hall–Kier alpha value is -1.37. The van der Waals surface area contributed by atoms with Crippen molar-refractivity contribution in [1.82, 2.24) is 5.32 Å². The maximum atomic E-state index is 8.68. The van der Waals surface area contributed by atoms with Crippen LogP contribution in [0.4, 0.5) is 0 Å². The first-order valence-corrected chi connectivity index (χ1v) is 4.68. The van der Waals surface area contributed by atoms with E-state index in [1.165, 1.54) is 5.56 Å². The maximum absolute atomic E-state index is 8.68. The summed E-state index contributed by atoms with van der Waals surface area (Å²) < 4.78 is 5.22. The molecule has 1 aliphatic heterocycles. The summed E-state index contributed by atoms with van der Waals surface area (Å²) >= 11 is 0. The number of nitrogens with one attached hydrogen (secondary N) is 1. The molecule has 1 fully saturated rings. The van der Waals surface area contributed by atoms with Crippen LogP contribution in [-0.4, -0.2) is 12.8 Å². The van der Waals surface area contributed by atoms with Crippen molar-refractivity contribution < 1.29 is 4.74 Å². The van der Waals surface area contributed by atoms with E-state index in [0.717, 1.165) is 6.54 Å². The van der Waals surface area contributed by atoms with Gasteiger partial charge in [-0.3, -0.25) is 5.32 Å². The van der Waals surface area contributed by atoms with E-state index in [2.05, 4.69) is 11.4 Å². The molecular formula is C11H12N2O. The van der Waals surface area contributed by atoms with Gasteiger partial charge in [0.1, 0.15) is 12.1 Å². The van der Waals surface area contributed by atoms with Crippen LogP contribution in [0.25, 0.3) is 0 Å². The molecule has 0 spiro atoms. The van der Waals surface area contributed by atoms with Gasteiger partial charge in [0.2, 0.25) is 0 Å². The van der Waals surface area contributed by atoms with Crippen LogP contribution in [-0.2, 0) is 11.3 Å². The topological polar surface area (TPSA) is 45.0 Å². The lowest BCUT2D eigenvalue weighted by Gasteiger charge is -2.32. The average Bonchev–Trinajstić information content (AvgIpc) is 2.19. The van der Waals surface area contributed by atoms with Crippen LogP contribution >= 0.6 is 0 Å². The SMILES string of the molecule is N#CC1COC1NCc1ccccc1. The van der Waals surface area contributed by atoms with Gasteiger partial charge in [-0.1, -0.05) is 30.3 Å².